The lowest BCUT2D eigenvalue weighted by molar-refractivity contribution is -0.122. The average Bonchev–Trinajstić information content (AvgIpc) is 2.56. The summed E-state index contributed by atoms with van der Waals surface area (Å²) >= 11 is 0. The number of halogens is 2. The summed E-state index contributed by atoms with van der Waals surface area (Å²) < 4.78 is 34.2. The predicted octanol–water partition coefficient (Wildman–Crippen LogP) is 3.12. The summed E-state index contributed by atoms with van der Waals surface area (Å²) in [5, 5.41) is 2.80. The molecule has 0 spiro atoms. The van der Waals surface area contributed by atoms with E-state index in [-0.39, 0.29) is 23.8 Å². The summed E-state index contributed by atoms with van der Waals surface area (Å²) in [7, 11) is 0. The average molecular weight is 342 g/mol. The van der Waals surface area contributed by atoms with Gasteiger partial charge in [-0.1, -0.05) is 0 Å². The van der Waals surface area contributed by atoms with Gasteiger partial charge in [0.15, 0.2) is 0 Å². The monoisotopic (exact) mass is 342 g/mol. The minimum absolute atomic E-state index is 0.0617. The number of anilines is 1. The van der Waals surface area contributed by atoms with Gasteiger partial charge in [-0.3, -0.25) is 9.69 Å². The van der Waals surface area contributed by atoms with Crippen LogP contribution in [0.15, 0.2) is 24.3 Å². The van der Waals surface area contributed by atoms with Crippen LogP contribution < -0.4 is 10.1 Å². The first-order chi connectivity index (χ1) is 11.5. The number of carbonyl (C=O) groups excluding carboxylic acids is 1. The Labute approximate surface area is 140 Å². The van der Waals surface area contributed by atoms with E-state index in [9.17, 15) is 13.6 Å². The third kappa shape index (κ3) is 5.42. The van der Waals surface area contributed by atoms with Crippen molar-refractivity contribution in [2.45, 2.75) is 45.4 Å². The van der Waals surface area contributed by atoms with Gasteiger partial charge in [-0.25, -0.2) is 0 Å². The molecule has 1 aliphatic heterocycles. The van der Waals surface area contributed by atoms with Crippen LogP contribution in [0.5, 0.6) is 5.75 Å². The van der Waals surface area contributed by atoms with Gasteiger partial charge in [0.05, 0.1) is 12.1 Å². The van der Waals surface area contributed by atoms with E-state index in [2.05, 4.69) is 15.0 Å². The first kappa shape index (κ1) is 18.6. The third-order valence-corrected chi connectivity index (χ3v) is 4.09. The first-order valence-electron chi connectivity index (χ1n) is 8.21. The predicted molar refractivity (Wildman–Crippen MR) is 87.4 cm³/mol. The Balaban J connectivity index is 1.88. The van der Waals surface area contributed by atoms with Gasteiger partial charge in [-0.05, 0) is 57.5 Å². The number of carbonyl (C=O) groups is 1. The highest BCUT2D eigenvalue weighted by molar-refractivity contribution is 5.94. The minimum Gasteiger partial charge on any atom is -0.435 e. The molecule has 0 saturated carbocycles. The topological polar surface area (TPSA) is 50.8 Å². The van der Waals surface area contributed by atoms with E-state index in [1.165, 1.54) is 12.1 Å². The van der Waals surface area contributed by atoms with Gasteiger partial charge in [-0.2, -0.15) is 8.78 Å². The smallest absolute Gasteiger partial charge is 0.387 e. The number of benzene rings is 1. The number of amides is 1. The SMILES string of the molecule is CCOC1CCCN(C(C)C(=O)Nc2ccc(OC(F)F)cc2)C1. The van der Waals surface area contributed by atoms with Crippen molar-refractivity contribution in [3.8, 4) is 5.75 Å². The molecule has 134 valence electrons. The summed E-state index contributed by atoms with van der Waals surface area (Å²) in [6.07, 6.45) is 2.19. The van der Waals surface area contributed by atoms with E-state index in [1.807, 2.05) is 13.8 Å². The molecule has 1 aromatic rings. The zero-order valence-corrected chi connectivity index (χ0v) is 14.0. The van der Waals surface area contributed by atoms with Crippen LogP contribution in [0.4, 0.5) is 14.5 Å². The largest absolute Gasteiger partial charge is 0.435 e. The molecule has 2 rings (SSSR count). The van der Waals surface area contributed by atoms with Gasteiger partial charge in [0.25, 0.3) is 0 Å². The molecule has 5 nitrogen and oxygen atoms in total. The van der Waals surface area contributed by atoms with Gasteiger partial charge < -0.3 is 14.8 Å². The zero-order chi connectivity index (χ0) is 17.5. The van der Waals surface area contributed by atoms with Crippen molar-refractivity contribution in [2.24, 2.45) is 0 Å². The second-order valence-corrected chi connectivity index (χ2v) is 5.78. The van der Waals surface area contributed by atoms with Gasteiger partial charge in [-0.15, -0.1) is 0 Å². The third-order valence-electron chi connectivity index (χ3n) is 4.09. The van der Waals surface area contributed by atoms with Crippen molar-refractivity contribution < 1.29 is 23.0 Å². The van der Waals surface area contributed by atoms with E-state index >= 15 is 0 Å². The fourth-order valence-corrected chi connectivity index (χ4v) is 2.82. The molecule has 1 amide bonds. The highest BCUT2D eigenvalue weighted by atomic mass is 19.3. The number of hydrogen-bond donors (Lipinski definition) is 1. The van der Waals surface area contributed by atoms with Crippen LogP contribution in [-0.4, -0.2) is 49.3 Å². The Morgan fingerprint density at radius 1 is 1.38 bits per heavy atom. The van der Waals surface area contributed by atoms with Crippen molar-refractivity contribution in [3.05, 3.63) is 24.3 Å². The highest BCUT2D eigenvalue weighted by Gasteiger charge is 2.27. The second-order valence-electron chi connectivity index (χ2n) is 5.78. The summed E-state index contributed by atoms with van der Waals surface area (Å²) in [6.45, 7) is 3.24. The van der Waals surface area contributed by atoms with Crippen molar-refractivity contribution in [3.63, 3.8) is 0 Å². The number of likely N-dealkylation sites (tertiary alicyclic amines) is 1. The van der Waals surface area contributed by atoms with Crippen molar-refractivity contribution in [1.29, 1.82) is 0 Å². The van der Waals surface area contributed by atoms with E-state index in [0.29, 0.717) is 12.3 Å². The van der Waals surface area contributed by atoms with Crippen LogP contribution in [0.25, 0.3) is 0 Å². The summed E-state index contributed by atoms with van der Waals surface area (Å²) in [6, 6.07) is 5.60. The highest BCUT2D eigenvalue weighted by Crippen LogP contribution is 2.19. The van der Waals surface area contributed by atoms with Crippen LogP contribution >= 0.6 is 0 Å². The van der Waals surface area contributed by atoms with Crippen molar-refractivity contribution >= 4 is 11.6 Å². The Bertz CT molecular complexity index is 523. The van der Waals surface area contributed by atoms with Crippen LogP contribution in [-0.2, 0) is 9.53 Å². The Morgan fingerprint density at radius 3 is 2.71 bits per heavy atom. The lowest BCUT2D eigenvalue weighted by Crippen LogP contribution is -2.49. The molecule has 1 fully saturated rings. The van der Waals surface area contributed by atoms with Crippen molar-refractivity contribution in [2.75, 3.05) is 25.0 Å². The molecular formula is C17H24F2N2O3. The molecule has 1 aromatic carbocycles. The molecule has 1 aliphatic rings. The van der Waals surface area contributed by atoms with Crippen LogP contribution in [0.3, 0.4) is 0 Å². The molecule has 1 heterocycles. The molecule has 0 aromatic heterocycles. The summed E-state index contributed by atoms with van der Waals surface area (Å²) in [4.78, 5) is 14.5. The molecular weight excluding hydrogens is 318 g/mol. The van der Waals surface area contributed by atoms with Crippen LogP contribution in [0.1, 0.15) is 26.7 Å². The molecule has 2 atom stereocenters. The Hall–Kier alpha value is -1.73. The van der Waals surface area contributed by atoms with Gasteiger partial charge in [0.2, 0.25) is 5.91 Å². The first-order valence-corrected chi connectivity index (χ1v) is 8.21. The second kappa shape index (κ2) is 8.94. The standard InChI is InChI=1S/C17H24F2N2O3/c1-3-23-15-5-4-10-21(11-15)12(2)16(22)20-13-6-8-14(9-7-13)24-17(18)19/h6-9,12,15,17H,3-5,10-11H2,1-2H3,(H,20,22). The van der Waals surface area contributed by atoms with Gasteiger partial charge >= 0.3 is 6.61 Å². The van der Waals surface area contributed by atoms with Crippen molar-refractivity contribution in [1.82, 2.24) is 4.90 Å². The molecule has 0 bridgehead atoms. The lowest BCUT2D eigenvalue weighted by atomic mass is 10.1. The fourth-order valence-electron chi connectivity index (χ4n) is 2.82. The maximum absolute atomic E-state index is 12.4. The maximum atomic E-state index is 12.4. The molecule has 2 unspecified atom stereocenters. The van der Waals surface area contributed by atoms with E-state index in [4.69, 9.17) is 4.74 Å². The minimum atomic E-state index is -2.86. The van der Waals surface area contributed by atoms with Gasteiger partial charge in [0.1, 0.15) is 5.75 Å². The number of nitrogens with zero attached hydrogens (tertiary/aromatic N) is 1. The number of nitrogens with one attached hydrogen (secondary N) is 1. The number of alkyl halides is 2. The maximum Gasteiger partial charge on any atom is 0.387 e. The quantitative estimate of drug-likeness (QED) is 0.827. The molecule has 24 heavy (non-hydrogen) atoms. The van der Waals surface area contributed by atoms with Crippen LogP contribution in [0, 0.1) is 0 Å². The van der Waals surface area contributed by atoms with E-state index < -0.39 is 6.61 Å². The molecule has 0 radical (unpaired) electrons. The number of rotatable bonds is 7. The van der Waals surface area contributed by atoms with Crippen LogP contribution in [0.2, 0.25) is 0 Å². The number of hydrogen-bond acceptors (Lipinski definition) is 4. The number of ether oxygens (including phenoxy) is 2. The molecule has 1 saturated heterocycles. The fraction of sp³-hybridized carbons (Fsp3) is 0.588. The van der Waals surface area contributed by atoms with Gasteiger partial charge in [0, 0.05) is 18.8 Å². The summed E-state index contributed by atoms with van der Waals surface area (Å²) in [5.74, 6) is -0.0682. The Kier molecular flexibility index (Phi) is 6.93. The van der Waals surface area contributed by atoms with E-state index in [0.717, 1.165) is 25.9 Å². The lowest BCUT2D eigenvalue weighted by Gasteiger charge is -2.35. The number of piperidine rings is 1. The zero-order valence-electron chi connectivity index (χ0n) is 14.0. The van der Waals surface area contributed by atoms with E-state index in [1.54, 1.807) is 12.1 Å². The molecule has 7 heteroatoms. The molecule has 0 aliphatic carbocycles. The normalized spacial score (nSPS) is 20.0. The summed E-state index contributed by atoms with van der Waals surface area (Å²) in [5.41, 5.74) is 0.548. The Morgan fingerprint density at radius 2 is 2.08 bits per heavy atom. The molecule has 1 N–H and O–H groups in total.